The number of nitrogens with zero attached hydrogens (tertiary/aromatic N) is 1. The van der Waals surface area contributed by atoms with E-state index in [2.05, 4.69) is 24.7 Å². The van der Waals surface area contributed by atoms with Crippen LogP contribution in [0.5, 0.6) is 0 Å². The van der Waals surface area contributed by atoms with Crippen LogP contribution in [0.15, 0.2) is 46.7 Å². The van der Waals surface area contributed by atoms with Gasteiger partial charge >= 0.3 is 0 Å². The number of amides is 2. The van der Waals surface area contributed by atoms with Gasteiger partial charge in [0.15, 0.2) is 0 Å². The van der Waals surface area contributed by atoms with Gasteiger partial charge < -0.3 is 0 Å². The minimum Gasteiger partial charge on any atom is -0.267 e. The van der Waals surface area contributed by atoms with Gasteiger partial charge in [0.1, 0.15) is 0 Å². The summed E-state index contributed by atoms with van der Waals surface area (Å²) in [6.07, 6.45) is 1.02. The number of piperidine rings is 1. The van der Waals surface area contributed by atoms with Crippen molar-refractivity contribution in [2.75, 3.05) is 13.1 Å². The molecule has 2 atom stereocenters. The molecule has 2 N–H and O–H groups in total. The van der Waals surface area contributed by atoms with Gasteiger partial charge in [-0.15, -0.1) is 11.3 Å². The maximum Gasteiger partial charge on any atom is 0.279 e. The number of thiophene rings is 1. The molecule has 7 nitrogen and oxygen atoms in total. The fourth-order valence-electron chi connectivity index (χ4n) is 3.38. The average molecular weight is 422 g/mol. The molecule has 0 aliphatic carbocycles. The van der Waals surface area contributed by atoms with E-state index >= 15 is 0 Å². The molecular weight excluding hydrogens is 398 g/mol. The number of nitrogens with one attached hydrogen (secondary N) is 2. The van der Waals surface area contributed by atoms with Crippen LogP contribution in [0.3, 0.4) is 0 Å². The molecule has 1 saturated heterocycles. The maximum atomic E-state index is 12.9. The lowest BCUT2D eigenvalue weighted by Gasteiger charge is -2.34. The third kappa shape index (κ3) is 4.60. The zero-order valence-corrected chi connectivity index (χ0v) is 17.3. The fourth-order valence-corrected chi connectivity index (χ4v) is 5.68. The second-order valence-corrected chi connectivity index (χ2v) is 10.1. The zero-order valence-electron chi connectivity index (χ0n) is 15.7. The van der Waals surface area contributed by atoms with Crippen molar-refractivity contribution in [3.63, 3.8) is 0 Å². The summed E-state index contributed by atoms with van der Waals surface area (Å²) in [5.41, 5.74) is 4.92. The normalized spacial score (nSPS) is 20.5. The van der Waals surface area contributed by atoms with E-state index in [1.807, 2.05) is 0 Å². The Balaban J connectivity index is 1.65. The molecule has 1 fully saturated rings. The van der Waals surface area contributed by atoms with Crippen LogP contribution in [0, 0.1) is 11.8 Å². The summed E-state index contributed by atoms with van der Waals surface area (Å²) in [7, 11) is -3.59. The molecule has 2 heterocycles. The highest BCUT2D eigenvalue weighted by Crippen LogP contribution is 2.26. The van der Waals surface area contributed by atoms with E-state index in [9.17, 15) is 18.0 Å². The number of carbonyl (C=O) groups excluding carboxylic acids is 2. The molecule has 150 valence electrons. The molecule has 1 aromatic heterocycles. The van der Waals surface area contributed by atoms with Gasteiger partial charge in [-0.2, -0.15) is 4.31 Å². The molecule has 1 aromatic carbocycles. The maximum absolute atomic E-state index is 12.9. The minimum absolute atomic E-state index is 0.160. The summed E-state index contributed by atoms with van der Waals surface area (Å²) < 4.78 is 27.3. The Morgan fingerprint density at radius 1 is 1.00 bits per heavy atom. The van der Waals surface area contributed by atoms with E-state index in [-0.39, 0.29) is 10.5 Å². The van der Waals surface area contributed by atoms with Crippen LogP contribution in [0.4, 0.5) is 0 Å². The first-order chi connectivity index (χ1) is 13.3. The Morgan fingerprint density at radius 3 is 2.18 bits per heavy atom. The molecule has 1 aliphatic rings. The highest BCUT2D eigenvalue weighted by atomic mass is 32.2. The molecule has 1 aliphatic heterocycles. The predicted octanol–water partition coefficient (Wildman–Crippen LogP) is 2.49. The van der Waals surface area contributed by atoms with Gasteiger partial charge in [0.25, 0.3) is 11.8 Å². The topological polar surface area (TPSA) is 95.6 Å². The van der Waals surface area contributed by atoms with E-state index < -0.39 is 21.8 Å². The predicted molar refractivity (Wildman–Crippen MR) is 107 cm³/mol. The van der Waals surface area contributed by atoms with Crippen LogP contribution in [0.1, 0.15) is 40.3 Å². The van der Waals surface area contributed by atoms with Crippen molar-refractivity contribution in [1.82, 2.24) is 15.2 Å². The average Bonchev–Trinajstić information content (AvgIpc) is 3.20. The largest absolute Gasteiger partial charge is 0.279 e. The van der Waals surface area contributed by atoms with E-state index in [1.165, 1.54) is 39.9 Å². The van der Waals surface area contributed by atoms with Gasteiger partial charge in [-0.25, -0.2) is 8.42 Å². The summed E-state index contributed by atoms with van der Waals surface area (Å²) in [6, 6.07) is 9.12. The van der Waals surface area contributed by atoms with Gasteiger partial charge in [-0.3, -0.25) is 20.4 Å². The van der Waals surface area contributed by atoms with Gasteiger partial charge in [-0.1, -0.05) is 19.9 Å². The summed E-state index contributed by atoms with van der Waals surface area (Å²) in [5.74, 6) is -0.295. The second-order valence-electron chi connectivity index (χ2n) is 7.18. The molecule has 0 bridgehead atoms. The summed E-state index contributed by atoms with van der Waals surface area (Å²) in [6.45, 7) is 5.11. The molecule has 0 unspecified atom stereocenters. The third-order valence-corrected chi connectivity index (χ3v) is 7.34. The van der Waals surface area contributed by atoms with Crippen LogP contribution in [0.25, 0.3) is 0 Å². The number of benzene rings is 1. The lowest BCUT2D eigenvalue weighted by molar-refractivity contribution is 0.0849. The Hall–Kier alpha value is -2.23. The van der Waals surface area contributed by atoms with Gasteiger partial charge in [0.2, 0.25) is 10.0 Å². The van der Waals surface area contributed by atoms with Gasteiger partial charge in [0.05, 0.1) is 9.77 Å². The van der Waals surface area contributed by atoms with Crippen molar-refractivity contribution in [2.24, 2.45) is 11.8 Å². The first-order valence-corrected chi connectivity index (χ1v) is 11.3. The standard InChI is InChI=1S/C19H23N3O4S2/c1-13-10-14(2)12-22(11-13)28(25,26)16-7-5-15(6-8-16)18(23)20-21-19(24)17-4-3-9-27-17/h3-9,13-14H,10-12H2,1-2H3,(H,20,23)(H,21,24)/t13-,14-/m0/s1. The SMILES string of the molecule is C[C@H]1C[C@H](C)CN(S(=O)(=O)c2ccc(C(=O)NNC(=O)c3cccs3)cc2)C1. The molecular formula is C19H23N3O4S2. The Labute approximate surface area is 168 Å². The molecule has 2 amide bonds. The second kappa shape index (κ2) is 8.42. The van der Waals surface area contributed by atoms with E-state index in [4.69, 9.17) is 0 Å². The highest BCUT2D eigenvalue weighted by molar-refractivity contribution is 7.89. The zero-order chi connectivity index (χ0) is 20.3. The van der Waals surface area contributed by atoms with Crippen molar-refractivity contribution in [1.29, 1.82) is 0 Å². The number of rotatable bonds is 4. The van der Waals surface area contributed by atoms with Gasteiger partial charge in [0, 0.05) is 18.7 Å². The van der Waals surface area contributed by atoms with E-state index in [1.54, 1.807) is 17.5 Å². The van der Waals surface area contributed by atoms with E-state index in [0.717, 1.165) is 6.42 Å². The number of sulfonamides is 1. The van der Waals surface area contributed by atoms with Gasteiger partial charge in [-0.05, 0) is 54.0 Å². The molecule has 3 rings (SSSR count). The summed E-state index contributed by atoms with van der Waals surface area (Å²) >= 11 is 1.26. The Kier molecular flexibility index (Phi) is 6.17. The van der Waals surface area contributed by atoms with Crippen LogP contribution in [-0.4, -0.2) is 37.6 Å². The molecule has 0 spiro atoms. The van der Waals surface area contributed by atoms with Crippen molar-refractivity contribution in [2.45, 2.75) is 25.2 Å². The molecule has 9 heteroatoms. The number of carbonyl (C=O) groups is 2. The lowest BCUT2D eigenvalue weighted by atomic mass is 9.94. The minimum atomic E-state index is -3.59. The lowest BCUT2D eigenvalue weighted by Crippen LogP contribution is -2.42. The van der Waals surface area contributed by atoms with Crippen molar-refractivity contribution in [3.05, 3.63) is 52.2 Å². The first kappa shape index (κ1) is 20.5. The molecule has 0 saturated carbocycles. The summed E-state index contributed by atoms with van der Waals surface area (Å²) in [5, 5.41) is 1.76. The quantitative estimate of drug-likeness (QED) is 0.742. The number of hydrogen-bond donors (Lipinski definition) is 2. The fraction of sp³-hybridized carbons (Fsp3) is 0.368. The summed E-state index contributed by atoms with van der Waals surface area (Å²) in [4.78, 5) is 24.7. The smallest absolute Gasteiger partial charge is 0.267 e. The van der Waals surface area contributed by atoms with Crippen molar-refractivity contribution >= 4 is 33.2 Å². The van der Waals surface area contributed by atoms with Crippen LogP contribution < -0.4 is 10.9 Å². The monoisotopic (exact) mass is 421 g/mol. The molecule has 28 heavy (non-hydrogen) atoms. The molecule has 0 radical (unpaired) electrons. The molecule has 2 aromatic rings. The van der Waals surface area contributed by atoms with Crippen molar-refractivity contribution < 1.29 is 18.0 Å². The Bertz CT molecular complexity index is 930. The highest BCUT2D eigenvalue weighted by Gasteiger charge is 2.31. The third-order valence-electron chi connectivity index (χ3n) is 4.62. The van der Waals surface area contributed by atoms with Crippen LogP contribution in [0.2, 0.25) is 0 Å². The van der Waals surface area contributed by atoms with Crippen molar-refractivity contribution in [3.8, 4) is 0 Å². The van der Waals surface area contributed by atoms with Crippen LogP contribution in [-0.2, 0) is 10.0 Å². The Morgan fingerprint density at radius 2 is 1.61 bits per heavy atom. The number of hydrogen-bond acceptors (Lipinski definition) is 5. The van der Waals surface area contributed by atoms with E-state index in [0.29, 0.717) is 29.8 Å². The van der Waals surface area contributed by atoms with Crippen LogP contribution >= 0.6 is 11.3 Å². The first-order valence-electron chi connectivity index (χ1n) is 9.01. The number of hydrazine groups is 1.